The Bertz CT molecular complexity index is 296. The highest BCUT2D eigenvalue weighted by molar-refractivity contribution is 5.90. The van der Waals surface area contributed by atoms with Crippen molar-refractivity contribution in [2.45, 2.75) is 72.9 Å². The molecular weight excluding hydrogens is 196 g/mol. The van der Waals surface area contributed by atoms with Gasteiger partial charge in [0, 0.05) is 5.41 Å². The quantitative estimate of drug-likeness (QED) is 0.778. The number of nitrogens with one attached hydrogen (secondary N) is 1. The molecule has 1 aliphatic rings. The van der Waals surface area contributed by atoms with Crippen molar-refractivity contribution in [3.05, 3.63) is 0 Å². The predicted molar refractivity (Wildman–Crippen MR) is 72.0 cm³/mol. The fourth-order valence-corrected chi connectivity index (χ4v) is 2.33. The molecule has 2 nitrogen and oxygen atoms in total. The van der Waals surface area contributed by atoms with Crippen LogP contribution in [0.5, 0.6) is 0 Å². The molecule has 0 unspecified atom stereocenters. The van der Waals surface area contributed by atoms with Crippen LogP contribution < -0.4 is 5.32 Å². The molecule has 0 aromatic carbocycles. The van der Waals surface area contributed by atoms with Gasteiger partial charge < -0.3 is 5.32 Å². The molecule has 1 heterocycles. The van der Waals surface area contributed by atoms with E-state index < -0.39 is 0 Å². The van der Waals surface area contributed by atoms with Gasteiger partial charge in [-0.05, 0) is 40.0 Å². The number of amidine groups is 1. The number of rotatable bonds is 3. The molecule has 1 rings (SSSR count). The van der Waals surface area contributed by atoms with Gasteiger partial charge in [0.1, 0.15) is 5.84 Å². The van der Waals surface area contributed by atoms with Gasteiger partial charge in [0.2, 0.25) is 0 Å². The molecule has 0 fully saturated rings. The van der Waals surface area contributed by atoms with Gasteiger partial charge in [-0.25, -0.2) is 0 Å². The molecule has 94 valence electrons. The SMILES string of the molecule is CC(C)CC(C)(C)C1=NC(C)(C)C(C)(C)N1. The predicted octanol–water partition coefficient (Wildman–Crippen LogP) is 3.62. The molecule has 0 radical (unpaired) electrons. The Labute approximate surface area is 101 Å². The fraction of sp³-hybridized carbons (Fsp3) is 0.929. The highest BCUT2D eigenvalue weighted by atomic mass is 15.2. The van der Waals surface area contributed by atoms with E-state index in [-0.39, 0.29) is 16.5 Å². The van der Waals surface area contributed by atoms with Crippen LogP contribution in [-0.2, 0) is 0 Å². The van der Waals surface area contributed by atoms with Crippen molar-refractivity contribution in [2.24, 2.45) is 16.3 Å². The smallest absolute Gasteiger partial charge is 0.103 e. The van der Waals surface area contributed by atoms with Crippen molar-refractivity contribution in [1.82, 2.24) is 5.32 Å². The minimum Gasteiger partial charge on any atom is -0.366 e. The van der Waals surface area contributed by atoms with Crippen molar-refractivity contribution in [2.75, 3.05) is 0 Å². The molecule has 0 aromatic heterocycles. The van der Waals surface area contributed by atoms with Gasteiger partial charge in [-0.3, -0.25) is 4.99 Å². The Morgan fingerprint density at radius 2 is 1.69 bits per heavy atom. The normalized spacial score (nSPS) is 23.2. The molecule has 0 spiro atoms. The van der Waals surface area contributed by atoms with Crippen molar-refractivity contribution in [3.63, 3.8) is 0 Å². The second-order valence-electron chi connectivity index (χ2n) is 7.25. The van der Waals surface area contributed by atoms with Gasteiger partial charge in [0.15, 0.2) is 0 Å². The first kappa shape index (κ1) is 13.5. The summed E-state index contributed by atoms with van der Waals surface area (Å²) >= 11 is 0. The third-order valence-electron chi connectivity index (χ3n) is 3.91. The zero-order chi connectivity index (χ0) is 12.8. The van der Waals surface area contributed by atoms with Crippen molar-refractivity contribution < 1.29 is 0 Å². The average molecular weight is 224 g/mol. The lowest BCUT2D eigenvalue weighted by Crippen LogP contribution is -2.52. The van der Waals surface area contributed by atoms with Crippen LogP contribution in [0.25, 0.3) is 0 Å². The van der Waals surface area contributed by atoms with Crippen LogP contribution >= 0.6 is 0 Å². The van der Waals surface area contributed by atoms with E-state index in [1.54, 1.807) is 0 Å². The lowest BCUT2D eigenvalue weighted by Gasteiger charge is -2.34. The van der Waals surface area contributed by atoms with Gasteiger partial charge in [-0.2, -0.15) is 0 Å². The minimum atomic E-state index is -0.0173. The summed E-state index contributed by atoms with van der Waals surface area (Å²) in [6, 6.07) is 0. The summed E-state index contributed by atoms with van der Waals surface area (Å²) in [5.41, 5.74) is 0.187. The summed E-state index contributed by atoms with van der Waals surface area (Å²) in [4.78, 5) is 4.90. The molecule has 0 aliphatic carbocycles. The maximum atomic E-state index is 4.90. The Balaban J connectivity index is 2.93. The number of hydrogen-bond acceptors (Lipinski definition) is 2. The van der Waals surface area contributed by atoms with Crippen LogP contribution in [0.3, 0.4) is 0 Å². The topological polar surface area (TPSA) is 24.4 Å². The van der Waals surface area contributed by atoms with E-state index in [2.05, 4.69) is 60.7 Å². The van der Waals surface area contributed by atoms with Gasteiger partial charge >= 0.3 is 0 Å². The highest BCUT2D eigenvalue weighted by Gasteiger charge is 2.46. The number of nitrogens with zero attached hydrogens (tertiary/aromatic N) is 1. The molecule has 0 amide bonds. The Hall–Kier alpha value is -0.530. The molecule has 0 atom stereocenters. The van der Waals surface area contributed by atoms with E-state index in [1.807, 2.05) is 0 Å². The zero-order valence-electron chi connectivity index (χ0n) is 12.2. The Kier molecular flexibility index (Phi) is 3.17. The Morgan fingerprint density at radius 3 is 2.00 bits per heavy atom. The summed E-state index contributed by atoms with van der Waals surface area (Å²) in [6.45, 7) is 18.0. The van der Waals surface area contributed by atoms with Crippen LogP contribution in [0.4, 0.5) is 0 Å². The van der Waals surface area contributed by atoms with Gasteiger partial charge in [0.05, 0.1) is 11.1 Å². The standard InChI is InChI=1S/C14H28N2/c1-10(2)9-12(3,4)11-15-13(5,6)14(7,8)16-11/h10H,9H2,1-8H3,(H,15,16). The molecule has 1 N–H and O–H groups in total. The summed E-state index contributed by atoms with van der Waals surface area (Å²) in [5, 5.41) is 3.62. The van der Waals surface area contributed by atoms with Gasteiger partial charge in [-0.1, -0.05) is 27.7 Å². The summed E-state index contributed by atoms with van der Waals surface area (Å²) in [6.07, 6.45) is 1.17. The third-order valence-corrected chi connectivity index (χ3v) is 3.91. The van der Waals surface area contributed by atoms with Crippen LogP contribution in [-0.4, -0.2) is 16.9 Å². The fourth-order valence-electron chi connectivity index (χ4n) is 2.33. The monoisotopic (exact) mass is 224 g/mol. The van der Waals surface area contributed by atoms with E-state index in [0.717, 1.165) is 0 Å². The van der Waals surface area contributed by atoms with Crippen LogP contribution in [0.15, 0.2) is 4.99 Å². The van der Waals surface area contributed by atoms with E-state index in [1.165, 1.54) is 12.3 Å². The lowest BCUT2D eigenvalue weighted by molar-refractivity contribution is 0.306. The number of hydrogen-bond donors (Lipinski definition) is 1. The van der Waals surface area contributed by atoms with E-state index >= 15 is 0 Å². The van der Waals surface area contributed by atoms with Gasteiger partial charge in [-0.15, -0.1) is 0 Å². The van der Waals surface area contributed by atoms with Gasteiger partial charge in [0.25, 0.3) is 0 Å². The maximum absolute atomic E-state index is 4.90. The van der Waals surface area contributed by atoms with Crippen molar-refractivity contribution in [3.8, 4) is 0 Å². The lowest BCUT2D eigenvalue weighted by atomic mass is 9.82. The minimum absolute atomic E-state index is 0.0173. The Morgan fingerprint density at radius 1 is 1.19 bits per heavy atom. The zero-order valence-corrected chi connectivity index (χ0v) is 12.2. The molecule has 0 bridgehead atoms. The van der Waals surface area contributed by atoms with Crippen molar-refractivity contribution in [1.29, 1.82) is 0 Å². The second kappa shape index (κ2) is 3.75. The highest BCUT2D eigenvalue weighted by Crippen LogP contribution is 2.37. The summed E-state index contributed by atoms with van der Waals surface area (Å²) in [7, 11) is 0. The molecular formula is C14H28N2. The molecule has 1 aliphatic heterocycles. The largest absolute Gasteiger partial charge is 0.366 e. The van der Waals surface area contributed by atoms with Crippen LogP contribution in [0, 0.1) is 11.3 Å². The molecule has 16 heavy (non-hydrogen) atoms. The van der Waals surface area contributed by atoms with Crippen LogP contribution in [0.1, 0.15) is 61.8 Å². The molecule has 0 aromatic rings. The second-order valence-corrected chi connectivity index (χ2v) is 7.25. The maximum Gasteiger partial charge on any atom is 0.103 e. The first-order valence-corrected chi connectivity index (χ1v) is 6.36. The third kappa shape index (κ3) is 2.41. The molecule has 0 saturated heterocycles. The van der Waals surface area contributed by atoms with Crippen LogP contribution in [0.2, 0.25) is 0 Å². The van der Waals surface area contributed by atoms with E-state index in [0.29, 0.717) is 5.92 Å². The number of aliphatic imine (C=N–C) groups is 1. The molecule has 0 saturated carbocycles. The summed E-state index contributed by atoms with van der Waals surface area (Å²) < 4.78 is 0. The first-order chi connectivity index (χ1) is 6.98. The average Bonchev–Trinajstić information content (AvgIpc) is 2.18. The van der Waals surface area contributed by atoms with E-state index in [4.69, 9.17) is 4.99 Å². The van der Waals surface area contributed by atoms with Crippen molar-refractivity contribution >= 4 is 5.84 Å². The summed E-state index contributed by atoms with van der Waals surface area (Å²) in [5.74, 6) is 1.88. The molecule has 2 heteroatoms. The van der Waals surface area contributed by atoms with E-state index in [9.17, 15) is 0 Å². The first-order valence-electron chi connectivity index (χ1n) is 6.36.